The standard InChI is InChI=1S/C24H25N3O5/c1-24(2)18-8-15(32-12-20(30)26-10-14(29)11-28)4-6-16(18)22(31)21-17-5-3-13(9-25)7-19(17)27-23(21)24/h3,5,7-8,14,27-29H,4,6,10-12H2,1-2H3,(H,26,30). The Morgan fingerprint density at radius 1 is 1.38 bits per heavy atom. The van der Waals surface area contributed by atoms with Crippen LogP contribution in [-0.4, -0.2) is 52.7 Å². The van der Waals surface area contributed by atoms with Gasteiger partial charge < -0.3 is 25.3 Å². The van der Waals surface area contributed by atoms with Crippen LogP contribution >= 0.6 is 0 Å². The Labute approximate surface area is 185 Å². The van der Waals surface area contributed by atoms with E-state index in [1.54, 1.807) is 12.1 Å². The number of aliphatic hydroxyl groups excluding tert-OH is 2. The number of ketones is 1. The number of aromatic amines is 1. The van der Waals surface area contributed by atoms with Crippen LogP contribution in [0.1, 0.15) is 48.3 Å². The maximum absolute atomic E-state index is 13.4. The van der Waals surface area contributed by atoms with E-state index in [9.17, 15) is 20.0 Å². The normalized spacial score (nSPS) is 17.8. The number of ether oxygens (including phenoxy) is 1. The van der Waals surface area contributed by atoms with Crippen LogP contribution in [0.2, 0.25) is 0 Å². The smallest absolute Gasteiger partial charge is 0.258 e. The third-order valence-electron chi connectivity index (χ3n) is 6.11. The van der Waals surface area contributed by atoms with Crippen molar-refractivity contribution >= 4 is 22.6 Å². The minimum atomic E-state index is -1.01. The lowest BCUT2D eigenvalue weighted by Crippen LogP contribution is -2.36. The Hall–Kier alpha value is -3.41. The van der Waals surface area contributed by atoms with Crippen LogP contribution in [0.15, 0.2) is 41.2 Å². The minimum Gasteiger partial charge on any atom is -0.488 e. The maximum Gasteiger partial charge on any atom is 0.258 e. The van der Waals surface area contributed by atoms with Gasteiger partial charge in [0.05, 0.1) is 35.7 Å². The zero-order valence-electron chi connectivity index (χ0n) is 18.0. The van der Waals surface area contributed by atoms with Gasteiger partial charge in [0.25, 0.3) is 5.91 Å². The van der Waals surface area contributed by atoms with Crippen molar-refractivity contribution in [1.29, 1.82) is 5.26 Å². The zero-order valence-corrected chi connectivity index (χ0v) is 18.0. The molecule has 1 aromatic carbocycles. The van der Waals surface area contributed by atoms with Crippen LogP contribution in [0.3, 0.4) is 0 Å². The number of allylic oxidation sites excluding steroid dienone is 4. The summed E-state index contributed by atoms with van der Waals surface area (Å²) in [4.78, 5) is 28.7. The van der Waals surface area contributed by atoms with Crippen molar-refractivity contribution in [3.05, 3.63) is 58.0 Å². The molecule has 4 N–H and O–H groups in total. The number of hydrogen-bond acceptors (Lipinski definition) is 6. The van der Waals surface area contributed by atoms with Crippen molar-refractivity contribution in [1.82, 2.24) is 10.3 Å². The molecule has 2 aliphatic rings. The summed E-state index contributed by atoms with van der Waals surface area (Å²) in [6, 6.07) is 7.43. The number of nitrogens with one attached hydrogen (secondary N) is 2. The lowest BCUT2D eigenvalue weighted by molar-refractivity contribution is -0.125. The summed E-state index contributed by atoms with van der Waals surface area (Å²) < 4.78 is 5.68. The van der Waals surface area contributed by atoms with Gasteiger partial charge in [0.1, 0.15) is 0 Å². The summed E-state index contributed by atoms with van der Waals surface area (Å²) in [5, 5.41) is 30.6. The lowest BCUT2D eigenvalue weighted by atomic mass is 9.68. The molecule has 8 heteroatoms. The summed E-state index contributed by atoms with van der Waals surface area (Å²) in [5.74, 6) is 0.202. The first kappa shape index (κ1) is 21.8. The number of rotatable bonds is 6. The van der Waals surface area contributed by atoms with Gasteiger partial charge >= 0.3 is 0 Å². The SMILES string of the molecule is CC1(C)C2=C(CCC(OCC(=O)NCC(O)CO)=C2)C(=O)c2c1[nH]c1cc(C#N)ccc21. The topological polar surface area (TPSA) is 135 Å². The van der Waals surface area contributed by atoms with Crippen molar-refractivity contribution < 1.29 is 24.5 Å². The zero-order chi connectivity index (χ0) is 23.0. The van der Waals surface area contributed by atoms with Gasteiger partial charge in [0.15, 0.2) is 12.4 Å². The number of hydrogen-bond donors (Lipinski definition) is 4. The second kappa shape index (κ2) is 8.26. The Kier molecular flexibility index (Phi) is 5.63. The van der Waals surface area contributed by atoms with Crippen molar-refractivity contribution in [3.63, 3.8) is 0 Å². The minimum absolute atomic E-state index is 0.0173. The molecule has 2 aromatic rings. The number of Topliss-reactive ketones (excluding diaryl/α,β-unsaturated/α-hetero) is 1. The highest BCUT2D eigenvalue weighted by Gasteiger charge is 2.41. The molecule has 2 aliphatic carbocycles. The third-order valence-corrected chi connectivity index (χ3v) is 6.11. The number of carbonyl (C=O) groups excluding carboxylic acids is 2. The Balaban J connectivity index is 1.60. The van der Waals surface area contributed by atoms with Crippen molar-refractivity contribution in [2.24, 2.45) is 0 Å². The molecule has 166 valence electrons. The molecule has 1 unspecified atom stereocenters. The van der Waals surface area contributed by atoms with Gasteiger partial charge in [-0.05, 0) is 30.2 Å². The van der Waals surface area contributed by atoms with E-state index in [1.165, 1.54) is 0 Å². The van der Waals surface area contributed by atoms with E-state index in [0.717, 1.165) is 27.7 Å². The number of carbonyl (C=O) groups is 2. The highest BCUT2D eigenvalue weighted by Crippen LogP contribution is 2.47. The average molecular weight is 435 g/mol. The Morgan fingerprint density at radius 2 is 2.16 bits per heavy atom. The number of nitrogens with zero attached hydrogens (tertiary/aromatic N) is 1. The predicted octanol–water partition coefficient (Wildman–Crippen LogP) is 1.97. The van der Waals surface area contributed by atoms with E-state index in [2.05, 4.69) is 16.4 Å². The van der Waals surface area contributed by atoms with Crippen LogP contribution in [0, 0.1) is 11.3 Å². The molecule has 0 saturated carbocycles. The lowest BCUT2D eigenvalue weighted by Gasteiger charge is -2.35. The predicted molar refractivity (Wildman–Crippen MR) is 117 cm³/mol. The van der Waals surface area contributed by atoms with E-state index in [0.29, 0.717) is 29.7 Å². The average Bonchev–Trinajstić information content (AvgIpc) is 3.19. The number of aromatic nitrogens is 1. The van der Waals surface area contributed by atoms with Gasteiger partial charge in [-0.1, -0.05) is 19.9 Å². The third kappa shape index (κ3) is 3.70. The van der Waals surface area contributed by atoms with Gasteiger partial charge in [-0.25, -0.2) is 0 Å². The van der Waals surface area contributed by atoms with Crippen LogP contribution in [-0.2, 0) is 14.9 Å². The van der Waals surface area contributed by atoms with Gasteiger partial charge in [-0.15, -0.1) is 0 Å². The highest BCUT2D eigenvalue weighted by molar-refractivity contribution is 6.19. The fraction of sp³-hybridized carbons (Fsp3) is 0.375. The van der Waals surface area contributed by atoms with Crippen LogP contribution in [0.25, 0.3) is 10.9 Å². The van der Waals surface area contributed by atoms with Crippen LogP contribution < -0.4 is 5.32 Å². The second-order valence-corrected chi connectivity index (χ2v) is 8.63. The Morgan fingerprint density at radius 3 is 2.88 bits per heavy atom. The van der Waals surface area contributed by atoms with Gasteiger partial charge in [0, 0.05) is 40.6 Å². The number of fused-ring (bicyclic) bond motifs is 3. The number of benzene rings is 1. The van der Waals surface area contributed by atoms with Crippen molar-refractivity contribution in [3.8, 4) is 6.07 Å². The van der Waals surface area contributed by atoms with E-state index in [4.69, 9.17) is 9.84 Å². The monoisotopic (exact) mass is 435 g/mol. The van der Waals surface area contributed by atoms with E-state index in [1.807, 2.05) is 26.0 Å². The van der Waals surface area contributed by atoms with Crippen LogP contribution in [0.5, 0.6) is 0 Å². The van der Waals surface area contributed by atoms with Gasteiger partial charge in [-0.3, -0.25) is 9.59 Å². The largest absolute Gasteiger partial charge is 0.488 e. The molecule has 4 rings (SSSR count). The quantitative estimate of drug-likeness (QED) is 0.548. The van der Waals surface area contributed by atoms with Crippen molar-refractivity contribution in [2.75, 3.05) is 19.8 Å². The molecule has 0 bridgehead atoms. The summed E-state index contributed by atoms with van der Waals surface area (Å²) in [6.45, 7) is 3.38. The molecule has 0 saturated heterocycles. The number of amides is 1. The first-order chi connectivity index (χ1) is 15.3. The number of aliphatic hydroxyl groups is 2. The molecule has 0 spiro atoms. The fourth-order valence-corrected chi connectivity index (χ4v) is 4.37. The number of H-pyrrole nitrogens is 1. The highest BCUT2D eigenvalue weighted by atomic mass is 16.5. The molecule has 32 heavy (non-hydrogen) atoms. The van der Waals surface area contributed by atoms with Gasteiger partial charge in [-0.2, -0.15) is 5.26 Å². The molecule has 1 atom stereocenters. The first-order valence-electron chi connectivity index (χ1n) is 10.5. The fourth-order valence-electron chi connectivity index (χ4n) is 4.37. The Bertz CT molecular complexity index is 1210. The van der Waals surface area contributed by atoms with E-state index in [-0.39, 0.29) is 18.9 Å². The van der Waals surface area contributed by atoms with E-state index < -0.39 is 24.0 Å². The molecule has 0 fully saturated rings. The molecule has 1 amide bonds. The molecule has 0 aliphatic heterocycles. The summed E-state index contributed by atoms with van der Waals surface area (Å²) in [6.07, 6.45) is 1.85. The summed E-state index contributed by atoms with van der Waals surface area (Å²) in [5.41, 5.74) is 3.87. The molecular formula is C24H25N3O5. The maximum atomic E-state index is 13.4. The molecule has 8 nitrogen and oxygen atoms in total. The van der Waals surface area contributed by atoms with Gasteiger partial charge in [0.2, 0.25) is 0 Å². The summed E-state index contributed by atoms with van der Waals surface area (Å²) in [7, 11) is 0. The summed E-state index contributed by atoms with van der Waals surface area (Å²) >= 11 is 0. The number of nitriles is 1. The first-order valence-corrected chi connectivity index (χ1v) is 10.5. The molecule has 1 aromatic heterocycles. The van der Waals surface area contributed by atoms with Crippen LogP contribution in [0.4, 0.5) is 0 Å². The molecule has 0 radical (unpaired) electrons. The molecule has 1 heterocycles. The second-order valence-electron chi connectivity index (χ2n) is 8.63. The van der Waals surface area contributed by atoms with E-state index >= 15 is 0 Å². The molecular weight excluding hydrogens is 410 g/mol. The van der Waals surface area contributed by atoms with Crippen molar-refractivity contribution in [2.45, 2.75) is 38.2 Å².